The molecule has 0 bridgehead atoms. The van der Waals surface area contributed by atoms with Crippen LogP contribution in [0.15, 0.2) is 30.3 Å². The van der Waals surface area contributed by atoms with Crippen molar-refractivity contribution in [2.75, 3.05) is 13.1 Å². The van der Waals surface area contributed by atoms with E-state index in [1.807, 2.05) is 35.2 Å². The lowest BCUT2D eigenvalue weighted by Crippen LogP contribution is -2.47. The van der Waals surface area contributed by atoms with Crippen LogP contribution in [0.4, 0.5) is 0 Å². The molecular weight excluding hydrogens is 236 g/mol. The van der Waals surface area contributed by atoms with E-state index in [4.69, 9.17) is 5.73 Å². The van der Waals surface area contributed by atoms with E-state index in [1.165, 1.54) is 6.42 Å². The molecular formula is C16H24N2O. The van der Waals surface area contributed by atoms with Crippen molar-refractivity contribution in [1.82, 2.24) is 4.90 Å². The first kappa shape index (κ1) is 14.1. The van der Waals surface area contributed by atoms with E-state index in [-0.39, 0.29) is 11.3 Å². The van der Waals surface area contributed by atoms with Gasteiger partial charge in [-0.2, -0.15) is 0 Å². The van der Waals surface area contributed by atoms with Gasteiger partial charge >= 0.3 is 0 Å². The summed E-state index contributed by atoms with van der Waals surface area (Å²) in [5, 5.41) is 0. The Kier molecular flexibility index (Phi) is 4.25. The van der Waals surface area contributed by atoms with Crippen molar-refractivity contribution in [1.29, 1.82) is 0 Å². The Bertz CT molecular complexity index is 432. The quantitative estimate of drug-likeness (QED) is 0.908. The molecule has 0 aliphatic carbocycles. The average Bonchev–Trinajstić information content (AvgIpc) is 2.46. The normalized spacial score (nSPS) is 25.1. The van der Waals surface area contributed by atoms with Crippen molar-refractivity contribution < 1.29 is 4.79 Å². The third kappa shape index (κ3) is 3.16. The lowest BCUT2D eigenvalue weighted by molar-refractivity contribution is -0.136. The summed E-state index contributed by atoms with van der Waals surface area (Å²) < 4.78 is 0. The lowest BCUT2D eigenvalue weighted by atomic mass is 9.79. The van der Waals surface area contributed by atoms with Gasteiger partial charge in [0.25, 0.3) is 0 Å². The van der Waals surface area contributed by atoms with Gasteiger partial charge in [0.2, 0.25) is 5.91 Å². The maximum absolute atomic E-state index is 12.5. The topological polar surface area (TPSA) is 46.3 Å². The Hall–Kier alpha value is -1.35. The molecule has 19 heavy (non-hydrogen) atoms. The second kappa shape index (κ2) is 5.74. The smallest absolute Gasteiger partial charge is 0.244 e. The lowest BCUT2D eigenvalue weighted by Gasteiger charge is -2.41. The second-order valence-electron chi connectivity index (χ2n) is 5.92. The molecule has 1 fully saturated rings. The molecule has 104 valence electrons. The van der Waals surface area contributed by atoms with E-state index in [9.17, 15) is 4.79 Å². The summed E-state index contributed by atoms with van der Waals surface area (Å²) in [6, 6.07) is 9.11. The molecule has 0 radical (unpaired) electrons. The largest absolute Gasteiger partial charge is 0.341 e. The number of carbonyl (C=O) groups excluding carboxylic acids is 1. The third-order valence-corrected chi connectivity index (χ3v) is 4.37. The number of carbonyl (C=O) groups is 1. The highest BCUT2D eigenvalue weighted by Gasteiger charge is 2.33. The summed E-state index contributed by atoms with van der Waals surface area (Å²) >= 11 is 0. The molecule has 3 heteroatoms. The van der Waals surface area contributed by atoms with Crippen LogP contribution < -0.4 is 5.73 Å². The van der Waals surface area contributed by atoms with Gasteiger partial charge < -0.3 is 10.6 Å². The molecule has 3 nitrogen and oxygen atoms in total. The average molecular weight is 260 g/mol. The number of amides is 1. The van der Waals surface area contributed by atoms with Crippen molar-refractivity contribution >= 4 is 5.91 Å². The second-order valence-corrected chi connectivity index (χ2v) is 5.92. The van der Waals surface area contributed by atoms with E-state index >= 15 is 0 Å². The van der Waals surface area contributed by atoms with Crippen LogP contribution in [-0.2, 0) is 4.79 Å². The molecule has 2 atom stereocenters. The minimum atomic E-state index is -0.527. The van der Waals surface area contributed by atoms with Gasteiger partial charge in [-0.05, 0) is 30.2 Å². The van der Waals surface area contributed by atoms with Crippen molar-refractivity contribution in [3.05, 3.63) is 35.9 Å². The van der Waals surface area contributed by atoms with Gasteiger partial charge in [-0.15, -0.1) is 0 Å². The fourth-order valence-corrected chi connectivity index (χ4v) is 2.79. The third-order valence-electron chi connectivity index (χ3n) is 4.37. The van der Waals surface area contributed by atoms with Crippen LogP contribution in [0.25, 0.3) is 0 Å². The van der Waals surface area contributed by atoms with Gasteiger partial charge in [0.15, 0.2) is 0 Å². The highest BCUT2D eigenvalue weighted by Crippen LogP contribution is 2.33. The maximum atomic E-state index is 12.5. The van der Waals surface area contributed by atoms with Crippen LogP contribution in [0, 0.1) is 5.41 Å². The number of nitrogens with zero attached hydrogens (tertiary/aromatic N) is 1. The number of hydrogen-bond donors (Lipinski definition) is 1. The number of rotatable bonds is 3. The minimum absolute atomic E-state index is 0.0607. The Balaban J connectivity index is 2.07. The zero-order chi connectivity index (χ0) is 13.9. The molecule has 1 saturated heterocycles. The number of nitrogens with two attached hydrogens (primary N) is 1. The summed E-state index contributed by atoms with van der Waals surface area (Å²) in [6.07, 6.45) is 3.39. The van der Waals surface area contributed by atoms with Crippen LogP contribution in [0.5, 0.6) is 0 Å². The Morgan fingerprint density at radius 2 is 2.11 bits per heavy atom. The molecule has 1 aliphatic rings. The molecule has 2 unspecified atom stereocenters. The van der Waals surface area contributed by atoms with E-state index in [1.54, 1.807) is 0 Å². The van der Waals surface area contributed by atoms with Crippen LogP contribution in [0.2, 0.25) is 0 Å². The van der Waals surface area contributed by atoms with Crippen molar-refractivity contribution in [3.8, 4) is 0 Å². The van der Waals surface area contributed by atoms with Crippen molar-refractivity contribution in [2.45, 2.75) is 39.2 Å². The molecule has 2 N–H and O–H groups in total. The van der Waals surface area contributed by atoms with Gasteiger partial charge in [-0.3, -0.25) is 4.79 Å². The Labute approximate surface area is 115 Å². The van der Waals surface area contributed by atoms with Crippen molar-refractivity contribution in [2.24, 2.45) is 11.1 Å². The van der Waals surface area contributed by atoms with E-state index < -0.39 is 6.04 Å². The molecule has 1 aromatic carbocycles. The van der Waals surface area contributed by atoms with Crippen molar-refractivity contribution in [3.63, 3.8) is 0 Å². The monoisotopic (exact) mass is 260 g/mol. The molecule has 1 aromatic rings. The summed E-state index contributed by atoms with van der Waals surface area (Å²) in [7, 11) is 0. The van der Waals surface area contributed by atoms with Gasteiger partial charge in [0.05, 0.1) is 0 Å². The fourth-order valence-electron chi connectivity index (χ4n) is 2.79. The van der Waals surface area contributed by atoms with Crippen LogP contribution in [-0.4, -0.2) is 23.9 Å². The summed E-state index contributed by atoms with van der Waals surface area (Å²) in [6.45, 7) is 6.14. The predicted octanol–water partition coefficient (Wildman–Crippen LogP) is 2.73. The zero-order valence-corrected chi connectivity index (χ0v) is 11.9. The molecule has 2 rings (SSSR count). The Morgan fingerprint density at radius 3 is 2.74 bits per heavy atom. The van der Waals surface area contributed by atoms with Gasteiger partial charge in [0.1, 0.15) is 6.04 Å². The Morgan fingerprint density at radius 1 is 1.42 bits per heavy atom. The summed E-state index contributed by atoms with van der Waals surface area (Å²) in [5.74, 6) is 0.0607. The first-order valence-electron chi connectivity index (χ1n) is 7.15. The number of hydrogen-bond acceptors (Lipinski definition) is 2. The van der Waals surface area contributed by atoms with Gasteiger partial charge in [-0.1, -0.05) is 44.2 Å². The molecule has 0 aromatic heterocycles. The number of likely N-dealkylation sites (tertiary alicyclic amines) is 1. The molecule has 0 spiro atoms. The van der Waals surface area contributed by atoms with Crippen LogP contribution >= 0.6 is 0 Å². The van der Waals surface area contributed by atoms with Crippen LogP contribution in [0.3, 0.4) is 0 Å². The van der Waals surface area contributed by atoms with Crippen LogP contribution in [0.1, 0.15) is 44.7 Å². The minimum Gasteiger partial charge on any atom is -0.341 e. The summed E-state index contributed by atoms with van der Waals surface area (Å²) in [4.78, 5) is 14.5. The first-order valence-corrected chi connectivity index (χ1v) is 7.15. The SMILES string of the molecule is CCC1(C)CCCN(C(=O)C(N)c2ccccc2)C1. The van der Waals surface area contributed by atoms with E-state index in [2.05, 4.69) is 13.8 Å². The molecule has 1 heterocycles. The number of piperidine rings is 1. The van der Waals surface area contributed by atoms with Gasteiger partial charge in [-0.25, -0.2) is 0 Å². The summed E-state index contributed by atoms with van der Waals surface area (Å²) in [5.41, 5.74) is 7.26. The fraction of sp³-hybridized carbons (Fsp3) is 0.562. The highest BCUT2D eigenvalue weighted by atomic mass is 16.2. The standard InChI is InChI=1S/C16H24N2O/c1-3-16(2)10-7-11-18(12-16)15(19)14(17)13-8-5-4-6-9-13/h4-6,8-9,14H,3,7,10-12,17H2,1-2H3. The van der Waals surface area contributed by atoms with Gasteiger partial charge in [0, 0.05) is 13.1 Å². The van der Waals surface area contributed by atoms with E-state index in [0.717, 1.165) is 31.5 Å². The molecule has 0 saturated carbocycles. The zero-order valence-electron chi connectivity index (χ0n) is 11.9. The van der Waals surface area contributed by atoms with E-state index in [0.29, 0.717) is 0 Å². The predicted molar refractivity (Wildman–Crippen MR) is 77.6 cm³/mol. The maximum Gasteiger partial charge on any atom is 0.244 e. The first-order chi connectivity index (χ1) is 9.06. The molecule has 1 amide bonds. The molecule has 1 aliphatic heterocycles. The highest BCUT2D eigenvalue weighted by molar-refractivity contribution is 5.83. The number of benzene rings is 1.